The van der Waals surface area contributed by atoms with E-state index >= 15 is 0 Å². The van der Waals surface area contributed by atoms with Gasteiger partial charge in [-0.1, -0.05) is 12.8 Å². The minimum absolute atomic E-state index is 0.0120. The van der Waals surface area contributed by atoms with Gasteiger partial charge in [-0.2, -0.15) is 0 Å². The first-order chi connectivity index (χ1) is 7.65. The summed E-state index contributed by atoms with van der Waals surface area (Å²) in [5, 5.41) is 0. The van der Waals surface area contributed by atoms with Crippen LogP contribution >= 0.6 is 9.16 Å². The van der Waals surface area contributed by atoms with Gasteiger partial charge in [0.25, 0.3) is 0 Å². The Hall–Kier alpha value is -0.220. The second-order valence-electron chi connectivity index (χ2n) is 7.39. The molecule has 1 aliphatic carbocycles. The van der Waals surface area contributed by atoms with Gasteiger partial charge in [-0.25, -0.2) is 0 Å². The normalized spacial score (nSPS) is 28.2. The SMILES string of the molecule is C[SH](C)(C)(C)CCOC(=O)[C@H]1CCCC[C@H]1N. The van der Waals surface area contributed by atoms with Gasteiger partial charge in [0.15, 0.2) is 0 Å². The van der Waals surface area contributed by atoms with Gasteiger partial charge in [0.1, 0.15) is 0 Å². The zero-order valence-corrected chi connectivity index (χ0v) is 12.6. The molecule has 2 atom stereocenters. The maximum Gasteiger partial charge on any atom is 0.310 e. The molecule has 0 unspecified atom stereocenters. The van der Waals surface area contributed by atoms with E-state index in [0.29, 0.717) is 6.61 Å². The van der Waals surface area contributed by atoms with Crippen LogP contribution in [0.1, 0.15) is 25.7 Å². The summed E-state index contributed by atoms with van der Waals surface area (Å²) in [6.07, 6.45) is 13.3. The van der Waals surface area contributed by atoms with E-state index in [1.165, 1.54) is 0 Å². The Bertz CT molecular complexity index is 274. The monoisotopic (exact) mass is 263 g/mol. The van der Waals surface area contributed by atoms with Crippen LogP contribution in [-0.2, 0) is 9.53 Å². The summed E-state index contributed by atoms with van der Waals surface area (Å²) in [6.45, 7) is 0.555. The molecular formula is C13H29NO2S. The van der Waals surface area contributed by atoms with Crippen LogP contribution in [0.15, 0.2) is 0 Å². The lowest BCUT2D eigenvalue weighted by Gasteiger charge is -2.46. The highest BCUT2D eigenvalue weighted by Gasteiger charge is 2.30. The highest BCUT2D eigenvalue weighted by atomic mass is 32.3. The number of carbonyl (C=O) groups is 1. The predicted molar refractivity (Wildman–Crippen MR) is 78.4 cm³/mol. The number of thiol groups is 1. The second-order valence-corrected chi connectivity index (χ2v) is 15.7. The van der Waals surface area contributed by atoms with Crippen molar-refractivity contribution in [1.82, 2.24) is 0 Å². The van der Waals surface area contributed by atoms with E-state index in [1.54, 1.807) is 0 Å². The van der Waals surface area contributed by atoms with Crippen LogP contribution in [0.5, 0.6) is 0 Å². The number of esters is 1. The summed E-state index contributed by atoms with van der Waals surface area (Å²) < 4.78 is 5.41. The van der Waals surface area contributed by atoms with Gasteiger partial charge < -0.3 is 10.5 Å². The molecule has 0 spiro atoms. The first-order valence-corrected chi connectivity index (χ1v) is 10.8. The fraction of sp³-hybridized carbons (Fsp3) is 0.923. The average molecular weight is 263 g/mol. The second kappa shape index (κ2) is 5.19. The molecule has 0 aromatic carbocycles. The molecule has 1 saturated carbocycles. The maximum atomic E-state index is 11.9. The fourth-order valence-electron chi connectivity index (χ4n) is 2.07. The first kappa shape index (κ1) is 14.8. The molecule has 0 aromatic rings. The highest BCUT2D eigenvalue weighted by Crippen LogP contribution is 2.54. The van der Waals surface area contributed by atoms with Crippen LogP contribution < -0.4 is 5.73 Å². The highest BCUT2D eigenvalue weighted by molar-refractivity contribution is 8.47. The van der Waals surface area contributed by atoms with Crippen molar-refractivity contribution in [2.45, 2.75) is 31.7 Å². The first-order valence-electron chi connectivity index (χ1n) is 6.57. The lowest BCUT2D eigenvalue weighted by molar-refractivity contribution is -0.149. The minimum atomic E-state index is -1.56. The zero-order chi connectivity index (χ0) is 13.1. The quantitative estimate of drug-likeness (QED) is 0.599. The van der Waals surface area contributed by atoms with Crippen molar-refractivity contribution in [2.24, 2.45) is 11.7 Å². The third kappa shape index (κ3) is 5.77. The molecule has 1 rings (SSSR count). The molecule has 0 amide bonds. The minimum Gasteiger partial charge on any atom is -0.465 e. The summed E-state index contributed by atoms with van der Waals surface area (Å²) in [7, 11) is -1.56. The Kier molecular flexibility index (Phi) is 4.53. The van der Waals surface area contributed by atoms with Crippen molar-refractivity contribution < 1.29 is 9.53 Å². The molecule has 0 bridgehead atoms. The topological polar surface area (TPSA) is 52.3 Å². The Labute approximate surface area is 106 Å². The number of rotatable bonds is 4. The van der Waals surface area contributed by atoms with Crippen LogP contribution in [-0.4, -0.2) is 49.4 Å². The van der Waals surface area contributed by atoms with E-state index in [-0.39, 0.29) is 17.9 Å². The summed E-state index contributed by atoms with van der Waals surface area (Å²) in [4.78, 5) is 11.9. The molecule has 4 heteroatoms. The van der Waals surface area contributed by atoms with Gasteiger partial charge in [-0.3, -0.25) is 14.0 Å². The molecule has 2 N–H and O–H groups in total. The maximum absolute atomic E-state index is 11.9. The third-order valence-corrected chi connectivity index (χ3v) is 5.32. The Morgan fingerprint density at radius 2 is 1.82 bits per heavy atom. The van der Waals surface area contributed by atoms with Crippen LogP contribution in [0, 0.1) is 5.92 Å². The van der Waals surface area contributed by atoms with Gasteiger partial charge >= 0.3 is 5.97 Å². The molecule has 0 saturated heterocycles. The summed E-state index contributed by atoms with van der Waals surface area (Å²) in [6, 6.07) is 0.0120. The standard InChI is InChI=1S/C13H29NO2S/c1-17(2,3,4)10-9-16-13(15)11-7-5-6-8-12(11)14/h11-12,17H,5-10,14H2,1-4H3/t11-,12+/m0/s1. The molecule has 1 aliphatic rings. The Balaban J connectivity index is 2.34. The van der Waals surface area contributed by atoms with Gasteiger partial charge in [-0.15, -0.1) is 0 Å². The molecule has 0 heterocycles. The smallest absolute Gasteiger partial charge is 0.310 e. The Morgan fingerprint density at radius 3 is 2.35 bits per heavy atom. The molecule has 3 nitrogen and oxygen atoms in total. The van der Waals surface area contributed by atoms with E-state index in [1.807, 2.05) is 0 Å². The number of hydrogen-bond acceptors (Lipinski definition) is 3. The number of hydrogen-bond donors (Lipinski definition) is 2. The van der Waals surface area contributed by atoms with Gasteiger partial charge in [0.05, 0.1) is 12.5 Å². The third-order valence-electron chi connectivity index (χ3n) is 3.35. The van der Waals surface area contributed by atoms with Crippen molar-refractivity contribution >= 4 is 15.1 Å². The summed E-state index contributed by atoms with van der Waals surface area (Å²) in [5.74, 6) is 0.869. The molecule has 0 aromatic heterocycles. The molecular weight excluding hydrogens is 234 g/mol. The molecule has 17 heavy (non-hydrogen) atoms. The van der Waals surface area contributed by atoms with E-state index in [2.05, 4.69) is 25.0 Å². The zero-order valence-electron chi connectivity index (χ0n) is 11.7. The Morgan fingerprint density at radius 1 is 1.24 bits per heavy atom. The number of ether oxygens (including phenoxy) is 1. The van der Waals surface area contributed by atoms with E-state index in [0.717, 1.165) is 31.4 Å². The van der Waals surface area contributed by atoms with Crippen molar-refractivity contribution in [1.29, 1.82) is 0 Å². The number of nitrogens with two attached hydrogens (primary N) is 1. The van der Waals surface area contributed by atoms with E-state index in [4.69, 9.17) is 10.5 Å². The number of carbonyl (C=O) groups excluding carboxylic acids is 1. The van der Waals surface area contributed by atoms with Crippen LogP contribution in [0.25, 0.3) is 0 Å². The van der Waals surface area contributed by atoms with Gasteiger partial charge in [0.2, 0.25) is 0 Å². The van der Waals surface area contributed by atoms with Crippen molar-refractivity contribution in [3.8, 4) is 0 Å². The van der Waals surface area contributed by atoms with Crippen molar-refractivity contribution in [2.75, 3.05) is 37.4 Å². The van der Waals surface area contributed by atoms with Crippen LogP contribution in [0.3, 0.4) is 0 Å². The van der Waals surface area contributed by atoms with Gasteiger partial charge in [0, 0.05) is 6.04 Å². The average Bonchev–Trinajstić information content (AvgIpc) is 2.15. The summed E-state index contributed by atoms with van der Waals surface area (Å²) >= 11 is 0. The van der Waals surface area contributed by atoms with E-state index in [9.17, 15) is 4.79 Å². The molecule has 104 valence electrons. The van der Waals surface area contributed by atoms with Crippen molar-refractivity contribution in [3.05, 3.63) is 0 Å². The lowest BCUT2D eigenvalue weighted by Crippen LogP contribution is -2.39. The predicted octanol–water partition coefficient (Wildman–Crippen LogP) is 1.64. The lowest BCUT2D eigenvalue weighted by atomic mass is 9.85. The van der Waals surface area contributed by atoms with Crippen molar-refractivity contribution in [3.63, 3.8) is 0 Å². The molecule has 1 fully saturated rings. The largest absolute Gasteiger partial charge is 0.465 e. The van der Waals surface area contributed by atoms with E-state index < -0.39 is 9.16 Å². The fourth-order valence-corrected chi connectivity index (χ4v) is 2.89. The van der Waals surface area contributed by atoms with Crippen LogP contribution in [0.2, 0.25) is 0 Å². The molecule has 0 aliphatic heterocycles. The van der Waals surface area contributed by atoms with Gasteiger partial charge in [-0.05, 0) is 43.6 Å². The van der Waals surface area contributed by atoms with Crippen LogP contribution in [0.4, 0.5) is 0 Å². The summed E-state index contributed by atoms with van der Waals surface area (Å²) in [5.41, 5.74) is 5.97. The molecule has 0 radical (unpaired) electrons.